The Morgan fingerprint density at radius 2 is 2.33 bits per heavy atom. The molecule has 1 fully saturated rings. The highest BCUT2D eigenvalue weighted by atomic mass is 35.5. The molecule has 0 aromatic carbocycles. The molecule has 0 aliphatic carbocycles. The fraction of sp³-hybridized carbons (Fsp3) is 0.643. The molecular weight excluding hydrogens is 246 g/mol. The Morgan fingerprint density at radius 1 is 1.56 bits per heavy atom. The van der Waals surface area contributed by atoms with E-state index in [2.05, 4.69) is 34.9 Å². The molecule has 0 amide bonds. The van der Waals surface area contributed by atoms with Crippen LogP contribution in [-0.2, 0) is 5.88 Å². The van der Waals surface area contributed by atoms with E-state index in [9.17, 15) is 0 Å². The fourth-order valence-corrected chi connectivity index (χ4v) is 2.86. The van der Waals surface area contributed by atoms with Gasteiger partial charge in [0, 0.05) is 42.8 Å². The third kappa shape index (κ3) is 2.96. The van der Waals surface area contributed by atoms with Gasteiger partial charge in [-0.25, -0.2) is 0 Å². The van der Waals surface area contributed by atoms with Gasteiger partial charge in [-0.2, -0.15) is 0 Å². The van der Waals surface area contributed by atoms with Gasteiger partial charge in [0.05, 0.1) is 5.88 Å². The van der Waals surface area contributed by atoms with Crippen molar-refractivity contribution >= 4 is 17.3 Å². The van der Waals surface area contributed by atoms with Crippen LogP contribution in [0.2, 0.25) is 0 Å². The van der Waals surface area contributed by atoms with E-state index in [1.54, 1.807) is 0 Å². The van der Waals surface area contributed by atoms with E-state index in [1.165, 1.54) is 25.1 Å². The summed E-state index contributed by atoms with van der Waals surface area (Å²) in [5, 5.41) is 0. The molecule has 1 saturated heterocycles. The lowest BCUT2D eigenvalue weighted by atomic mass is 10.1. The van der Waals surface area contributed by atoms with E-state index in [0.29, 0.717) is 11.9 Å². The Morgan fingerprint density at radius 3 is 2.94 bits per heavy atom. The van der Waals surface area contributed by atoms with Crippen molar-refractivity contribution in [2.75, 3.05) is 32.1 Å². The molecule has 1 aliphatic rings. The van der Waals surface area contributed by atoms with Crippen molar-refractivity contribution in [1.82, 2.24) is 9.88 Å². The summed E-state index contributed by atoms with van der Waals surface area (Å²) in [5.74, 6) is 0.521. The summed E-state index contributed by atoms with van der Waals surface area (Å²) >= 11 is 6.00. The maximum Gasteiger partial charge on any atom is 0.0509 e. The second kappa shape index (κ2) is 5.89. The largest absolute Gasteiger partial charge is 0.373 e. The van der Waals surface area contributed by atoms with E-state index in [4.69, 9.17) is 11.6 Å². The highest BCUT2D eigenvalue weighted by molar-refractivity contribution is 6.17. The molecule has 0 N–H and O–H groups in total. The van der Waals surface area contributed by atoms with Crippen molar-refractivity contribution < 1.29 is 0 Å². The molecule has 2 heterocycles. The van der Waals surface area contributed by atoms with E-state index < -0.39 is 0 Å². The van der Waals surface area contributed by atoms with E-state index >= 15 is 0 Å². The van der Waals surface area contributed by atoms with Gasteiger partial charge in [-0.05, 0) is 39.4 Å². The number of aryl methyl sites for hydroxylation is 1. The molecule has 18 heavy (non-hydrogen) atoms. The first kappa shape index (κ1) is 13.6. The van der Waals surface area contributed by atoms with Crippen LogP contribution in [0, 0.1) is 6.92 Å². The number of alkyl halides is 1. The molecule has 1 aromatic heterocycles. The Labute approximate surface area is 115 Å². The van der Waals surface area contributed by atoms with Crippen LogP contribution in [-0.4, -0.2) is 43.1 Å². The van der Waals surface area contributed by atoms with Crippen molar-refractivity contribution in [1.29, 1.82) is 0 Å². The number of hydrogen-bond acceptors (Lipinski definition) is 3. The van der Waals surface area contributed by atoms with Crippen LogP contribution in [0.4, 0.5) is 5.69 Å². The van der Waals surface area contributed by atoms with Crippen molar-refractivity contribution in [3.8, 4) is 0 Å². The molecule has 1 aliphatic heterocycles. The second-order valence-electron chi connectivity index (χ2n) is 5.25. The first-order valence-electron chi connectivity index (χ1n) is 6.54. The zero-order valence-corrected chi connectivity index (χ0v) is 12.2. The van der Waals surface area contributed by atoms with Crippen molar-refractivity contribution in [2.24, 2.45) is 0 Å². The van der Waals surface area contributed by atoms with Crippen molar-refractivity contribution in [2.45, 2.75) is 31.7 Å². The van der Waals surface area contributed by atoms with E-state index in [1.807, 2.05) is 13.1 Å². The number of hydrogen-bond donors (Lipinski definition) is 0. The molecule has 4 heteroatoms. The molecule has 0 spiro atoms. The minimum absolute atomic E-state index is 0.521. The summed E-state index contributed by atoms with van der Waals surface area (Å²) in [6.45, 7) is 4.30. The number of anilines is 1. The van der Waals surface area contributed by atoms with Gasteiger partial charge in [0.2, 0.25) is 0 Å². The number of likely N-dealkylation sites (tertiary alicyclic amines) is 1. The van der Waals surface area contributed by atoms with Crippen LogP contribution in [0.3, 0.4) is 0 Å². The van der Waals surface area contributed by atoms with Crippen LogP contribution in [0.25, 0.3) is 0 Å². The van der Waals surface area contributed by atoms with Crippen molar-refractivity contribution in [3.63, 3.8) is 0 Å². The van der Waals surface area contributed by atoms with Gasteiger partial charge in [-0.3, -0.25) is 4.98 Å². The first-order chi connectivity index (χ1) is 8.61. The van der Waals surface area contributed by atoms with E-state index in [-0.39, 0.29) is 0 Å². The van der Waals surface area contributed by atoms with Gasteiger partial charge >= 0.3 is 0 Å². The molecule has 0 radical (unpaired) electrons. The van der Waals surface area contributed by atoms with E-state index in [0.717, 1.165) is 17.8 Å². The summed E-state index contributed by atoms with van der Waals surface area (Å²) in [6.07, 6.45) is 4.50. The molecule has 0 bridgehead atoms. The standard InChI is InChI=1S/C14H22ClN3/c1-11-7-14(12(8-15)9-16-11)18(3)10-13-5-4-6-17(13)2/h7,9,13H,4-6,8,10H2,1-3H3. The predicted molar refractivity (Wildman–Crippen MR) is 77.5 cm³/mol. The summed E-state index contributed by atoms with van der Waals surface area (Å²) in [5.41, 5.74) is 3.38. The minimum Gasteiger partial charge on any atom is -0.373 e. The number of aromatic nitrogens is 1. The molecule has 100 valence electrons. The molecule has 1 aromatic rings. The Bertz CT molecular complexity index is 408. The van der Waals surface area contributed by atoms with Crippen LogP contribution in [0.1, 0.15) is 24.1 Å². The van der Waals surface area contributed by atoms with Crippen LogP contribution < -0.4 is 4.90 Å². The van der Waals surface area contributed by atoms with Crippen LogP contribution >= 0.6 is 11.6 Å². The average molecular weight is 268 g/mol. The molecule has 0 saturated carbocycles. The molecule has 2 rings (SSSR count). The predicted octanol–water partition coefficient (Wildman–Crippen LogP) is 2.66. The number of rotatable bonds is 4. The molecule has 3 nitrogen and oxygen atoms in total. The van der Waals surface area contributed by atoms with Gasteiger partial charge in [0.25, 0.3) is 0 Å². The lowest BCUT2D eigenvalue weighted by molar-refractivity contribution is 0.314. The van der Waals surface area contributed by atoms with Gasteiger partial charge in [-0.15, -0.1) is 11.6 Å². The number of halogens is 1. The van der Waals surface area contributed by atoms with Gasteiger partial charge in [-0.1, -0.05) is 0 Å². The normalized spacial score (nSPS) is 20.3. The summed E-state index contributed by atoms with van der Waals surface area (Å²) in [4.78, 5) is 9.09. The maximum absolute atomic E-state index is 6.00. The fourth-order valence-electron chi connectivity index (χ4n) is 2.66. The van der Waals surface area contributed by atoms with Crippen LogP contribution in [0.15, 0.2) is 12.3 Å². The Balaban J connectivity index is 2.12. The highest BCUT2D eigenvalue weighted by Crippen LogP contribution is 2.24. The van der Waals surface area contributed by atoms with Crippen molar-refractivity contribution in [3.05, 3.63) is 23.5 Å². The zero-order chi connectivity index (χ0) is 13.1. The second-order valence-corrected chi connectivity index (χ2v) is 5.51. The quantitative estimate of drug-likeness (QED) is 0.782. The smallest absolute Gasteiger partial charge is 0.0509 e. The lowest BCUT2D eigenvalue weighted by Gasteiger charge is -2.28. The number of likely N-dealkylation sites (N-methyl/N-ethyl adjacent to an activating group) is 2. The zero-order valence-electron chi connectivity index (χ0n) is 11.5. The molecule has 1 atom stereocenters. The van der Waals surface area contributed by atoms with Gasteiger partial charge in [0.15, 0.2) is 0 Å². The average Bonchev–Trinajstić information content (AvgIpc) is 2.75. The summed E-state index contributed by atoms with van der Waals surface area (Å²) < 4.78 is 0. The Kier molecular flexibility index (Phi) is 4.46. The first-order valence-corrected chi connectivity index (χ1v) is 7.08. The van der Waals surface area contributed by atoms with Gasteiger partial charge < -0.3 is 9.80 Å². The monoisotopic (exact) mass is 267 g/mol. The summed E-state index contributed by atoms with van der Waals surface area (Å²) in [7, 11) is 4.36. The molecule has 1 unspecified atom stereocenters. The third-order valence-electron chi connectivity index (χ3n) is 3.81. The summed E-state index contributed by atoms with van der Waals surface area (Å²) in [6, 6.07) is 2.79. The highest BCUT2D eigenvalue weighted by Gasteiger charge is 2.22. The lowest BCUT2D eigenvalue weighted by Crippen LogP contribution is -2.37. The van der Waals surface area contributed by atoms with Crippen LogP contribution in [0.5, 0.6) is 0 Å². The molecular formula is C14H22ClN3. The minimum atomic E-state index is 0.521. The maximum atomic E-state index is 6.00. The topological polar surface area (TPSA) is 19.4 Å². The third-order valence-corrected chi connectivity index (χ3v) is 4.10. The number of nitrogens with zero attached hydrogens (tertiary/aromatic N) is 3. The number of pyridine rings is 1. The Hall–Kier alpha value is -0.800. The van der Waals surface area contributed by atoms with Gasteiger partial charge in [0.1, 0.15) is 0 Å². The SMILES string of the molecule is Cc1cc(N(C)CC2CCCN2C)c(CCl)cn1.